The molecule has 0 aromatic heterocycles. The number of carbonyl (C=O) groups excluding carboxylic acids is 1. The first-order chi connectivity index (χ1) is 4.72. The Morgan fingerprint density at radius 3 is 2.70 bits per heavy atom. The fourth-order valence-electron chi connectivity index (χ4n) is 0.291. The topological polar surface area (TPSA) is 38.8 Å². The molecule has 10 heavy (non-hydrogen) atoms. The van der Waals surface area contributed by atoms with Crippen LogP contribution in [0.3, 0.4) is 0 Å². The minimum atomic E-state index is -0.694. The van der Waals surface area contributed by atoms with Crippen molar-refractivity contribution in [2.24, 2.45) is 0 Å². The summed E-state index contributed by atoms with van der Waals surface area (Å²) in [5.41, 5.74) is 0. The van der Waals surface area contributed by atoms with Gasteiger partial charge in [0.25, 0.3) is 0 Å². The van der Waals surface area contributed by atoms with Crippen molar-refractivity contribution in [2.45, 2.75) is 0 Å². The minimum absolute atomic E-state index is 0.230. The Balaban J connectivity index is 3.42. The highest BCUT2D eigenvalue weighted by Crippen LogP contribution is 1.88. The lowest BCUT2D eigenvalue weighted by Crippen LogP contribution is -2.26. The molecule has 4 nitrogen and oxygen atoms in total. The fraction of sp³-hybridized carbons (Fsp3) is 0.800. The highest BCUT2D eigenvalue weighted by Gasteiger charge is 2.07. The number of hydroxylamine groups is 2. The molecule has 0 rings (SSSR count). The third kappa shape index (κ3) is 3.24. The lowest BCUT2D eigenvalue weighted by Gasteiger charge is -2.12. The first-order valence-corrected chi connectivity index (χ1v) is 2.73. The first-order valence-electron chi connectivity index (χ1n) is 2.73. The zero-order valence-electron chi connectivity index (χ0n) is 5.96. The molecule has 0 aliphatic carbocycles. The van der Waals surface area contributed by atoms with E-state index in [9.17, 15) is 9.18 Å². The van der Waals surface area contributed by atoms with E-state index < -0.39 is 12.8 Å². The number of rotatable bonds is 3. The van der Waals surface area contributed by atoms with E-state index in [1.165, 1.54) is 14.2 Å². The van der Waals surface area contributed by atoms with Crippen LogP contribution in [0.25, 0.3) is 0 Å². The smallest absolute Gasteiger partial charge is 0.433 e. The second-order valence-corrected chi connectivity index (χ2v) is 1.48. The molecule has 0 aromatic rings. The Morgan fingerprint density at radius 2 is 2.30 bits per heavy atom. The quantitative estimate of drug-likeness (QED) is 0.554. The zero-order valence-corrected chi connectivity index (χ0v) is 5.96. The van der Waals surface area contributed by atoms with Gasteiger partial charge in [0, 0.05) is 7.05 Å². The Hall–Kier alpha value is -0.840. The highest BCUT2D eigenvalue weighted by atomic mass is 19.1. The number of hydrogen-bond acceptors (Lipinski definition) is 3. The molecule has 0 N–H and O–H groups in total. The molecule has 0 aliphatic heterocycles. The molecule has 0 heterocycles. The van der Waals surface area contributed by atoms with Crippen molar-refractivity contribution in [3.05, 3.63) is 0 Å². The summed E-state index contributed by atoms with van der Waals surface area (Å²) in [5.74, 6) is 0. The molecule has 1 amide bonds. The van der Waals surface area contributed by atoms with Gasteiger partial charge in [0.2, 0.25) is 0 Å². The van der Waals surface area contributed by atoms with E-state index in [0.29, 0.717) is 0 Å². The predicted molar refractivity (Wildman–Crippen MR) is 32.1 cm³/mol. The minimum Gasteiger partial charge on any atom is -0.445 e. The molecule has 0 unspecified atom stereocenters. The molecular weight excluding hydrogens is 141 g/mol. The average molecular weight is 151 g/mol. The van der Waals surface area contributed by atoms with Gasteiger partial charge in [0.1, 0.15) is 13.3 Å². The van der Waals surface area contributed by atoms with Gasteiger partial charge in [-0.1, -0.05) is 0 Å². The van der Waals surface area contributed by atoms with Gasteiger partial charge in [-0.05, 0) is 0 Å². The second kappa shape index (κ2) is 4.99. The maximum atomic E-state index is 11.4. The van der Waals surface area contributed by atoms with E-state index in [0.717, 1.165) is 5.06 Å². The molecule has 0 fully saturated rings. The van der Waals surface area contributed by atoms with Crippen molar-refractivity contribution in [1.29, 1.82) is 0 Å². The summed E-state index contributed by atoms with van der Waals surface area (Å²) in [5, 5.41) is 0.871. The van der Waals surface area contributed by atoms with Gasteiger partial charge in [0.15, 0.2) is 0 Å². The Labute approximate surface area is 58.5 Å². The standard InChI is InChI=1S/C5H10FNO3/c1-7(9-2)5(8)10-4-3-6/h3-4H2,1-2H3. The van der Waals surface area contributed by atoms with Gasteiger partial charge < -0.3 is 4.74 Å². The molecule has 0 saturated carbocycles. The van der Waals surface area contributed by atoms with Crippen molar-refractivity contribution < 1.29 is 18.8 Å². The summed E-state index contributed by atoms with van der Waals surface area (Å²) in [6, 6.07) is 0. The van der Waals surface area contributed by atoms with E-state index in [1.54, 1.807) is 0 Å². The molecule has 0 bridgehead atoms. The number of hydrogen-bond donors (Lipinski definition) is 0. The second-order valence-electron chi connectivity index (χ2n) is 1.48. The summed E-state index contributed by atoms with van der Waals surface area (Å²) in [6.45, 7) is -0.907. The van der Waals surface area contributed by atoms with Crippen LogP contribution < -0.4 is 0 Å². The SMILES string of the molecule is CON(C)C(=O)OCCF. The van der Waals surface area contributed by atoms with Crippen LogP contribution in [-0.4, -0.2) is 38.6 Å². The summed E-state index contributed by atoms with van der Waals surface area (Å²) >= 11 is 0. The fourth-order valence-corrected chi connectivity index (χ4v) is 0.291. The lowest BCUT2D eigenvalue weighted by molar-refractivity contribution is -0.0908. The lowest BCUT2D eigenvalue weighted by atomic mass is 10.8. The van der Waals surface area contributed by atoms with Gasteiger partial charge >= 0.3 is 6.09 Å². The Kier molecular flexibility index (Phi) is 4.57. The number of nitrogens with zero attached hydrogens (tertiary/aromatic N) is 1. The summed E-state index contributed by atoms with van der Waals surface area (Å²) < 4.78 is 15.7. The molecule has 5 heteroatoms. The van der Waals surface area contributed by atoms with Crippen molar-refractivity contribution in [3.8, 4) is 0 Å². The third-order valence-electron chi connectivity index (χ3n) is 0.834. The summed E-state index contributed by atoms with van der Waals surface area (Å²) in [6.07, 6.45) is -0.694. The van der Waals surface area contributed by atoms with E-state index in [4.69, 9.17) is 0 Å². The molecule has 0 aliphatic rings. The van der Waals surface area contributed by atoms with E-state index in [2.05, 4.69) is 9.57 Å². The number of amides is 1. The monoisotopic (exact) mass is 151 g/mol. The van der Waals surface area contributed by atoms with E-state index >= 15 is 0 Å². The van der Waals surface area contributed by atoms with Gasteiger partial charge in [-0.3, -0.25) is 4.84 Å². The number of alkyl halides is 1. The number of halogens is 1. The van der Waals surface area contributed by atoms with Crippen LogP contribution >= 0.6 is 0 Å². The van der Waals surface area contributed by atoms with Gasteiger partial charge in [-0.25, -0.2) is 9.18 Å². The summed E-state index contributed by atoms with van der Waals surface area (Å²) in [4.78, 5) is 15.0. The van der Waals surface area contributed by atoms with Gasteiger partial charge in [-0.2, -0.15) is 5.06 Å². The molecule has 0 atom stereocenters. The zero-order chi connectivity index (χ0) is 7.98. The van der Waals surface area contributed by atoms with Gasteiger partial charge in [0.05, 0.1) is 7.11 Å². The van der Waals surface area contributed by atoms with Crippen LogP contribution in [0.5, 0.6) is 0 Å². The van der Waals surface area contributed by atoms with Crippen molar-refractivity contribution >= 4 is 6.09 Å². The van der Waals surface area contributed by atoms with Crippen LogP contribution in [0, 0.1) is 0 Å². The van der Waals surface area contributed by atoms with Crippen LogP contribution in [-0.2, 0) is 9.57 Å². The van der Waals surface area contributed by atoms with Crippen LogP contribution in [0.1, 0.15) is 0 Å². The molecular formula is C5H10FNO3. The van der Waals surface area contributed by atoms with Crippen LogP contribution in [0.2, 0.25) is 0 Å². The maximum Gasteiger partial charge on any atom is 0.433 e. The van der Waals surface area contributed by atoms with Gasteiger partial charge in [-0.15, -0.1) is 0 Å². The molecule has 0 saturated heterocycles. The number of carbonyl (C=O) groups is 1. The van der Waals surface area contributed by atoms with Crippen LogP contribution in [0.4, 0.5) is 9.18 Å². The first kappa shape index (κ1) is 9.16. The normalized spacial score (nSPS) is 9.10. The highest BCUT2D eigenvalue weighted by molar-refractivity contribution is 5.65. The molecule has 0 radical (unpaired) electrons. The average Bonchev–Trinajstić information content (AvgIpc) is 1.98. The molecule has 0 spiro atoms. The molecule has 0 aromatic carbocycles. The van der Waals surface area contributed by atoms with E-state index in [-0.39, 0.29) is 6.61 Å². The largest absolute Gasteiger partial charge is 0.445 e. The summed E-state index contributed by atoms with van der Waals surface area (Å²) in [7, 11) is 2.69. The Morgan fingerprint density at radius 1 is 1.70 bits per heavy atom. The molecule has 60 valence electrons. The van der Waals surface area contributed by atoms with E-state index in [1.807, 2.05) is 0 Å². The van der Waals surface area contributed by atoms with Crippen molar-refractivity contribution in [1.82, 2.24) is 5.06 Å². The third-order valence-corrected chi connectivity index (χ3v) is 0.834. The maximum absolute atomic E-state index is 11.4. The predicted octanol–water partition coefficient (Wildman–Crippen LogP) is 0.586. The van der Waals surface area contributed by atoms with Crippen molar-refractivity contribution in [2.75, 3.05) is 27.4 Å². The van der Waals surface area contributed by atoms with Crippen LogP contribution in [0.15, 0.2) is 0 Å². The van der Waals surface area contributed by atoms with Crippen molar-refractivity contribution in [3.63, 3.8) is 0 Å². The Bertz CT molecular complexity index is 109. The number of ether oxygens (including phenoxy) is 1.